The van der Waals surface area contributed by atoms with E-state index in [2.05, 4.69) is 6.07 Å². The van der Waals surface area contributed by atoms with Crippen molar-refractivity contribution in [2.45, 2.75) is 46.3 Å². The van der Waals surface area contributed by atoms with Gasteiger partial charge < -0.3 is 4.74 Å². The molecule has 0 aromatic heterocycles. The van der Waals surface area contributed by atoms with Gasteiger partial charge >= 0.3 is 5.97 Å². The number of ether oxygens (including phenoxy) is 1. The fourth-order valence-corrected chi connectivity index (χ4v) is 1.20. The van der Waals surface area contributed by atoms with Gasteiger partial charge in [-0.2, -0.15) is 5.26 Å². The molecular weight excluding hydrogens is 204 g/mol. The molecule has 0 aromatic carbocycles. The lowest BCUT2D eigenvalue weighted by Crippen LogP contribution is -2.42. The van der Waals surface area contributed by atoms with Gasteiger partial charge in [0.05, 0.1) is 12.0 Å². The zero-order valence-electron chi connectivity index (χ0n) is 11.1. The number of carbonyl (C=O) groups is 1. The van der Waals surface area contributed by atoms with Crippen LogP contribution in [0.5, 0.6) is 0 Å². The Morgan fingerprint density at radius 2 is 1.94 bits per heavy atom. The SMILES string of the molecule is CC(C#N)CN(C)C(C)C(=O)OC(C)(C)C. The molecule has 0 radical (unpaired) electrons. The highest BCUT2D eigenvalue weighted by Gasteiger charge is 2.25. The maximum absolute atomic E-state index is 11.7. The van der Waals surface area contributed by atoms with Crippen molar-refractivity contribution in [1.82, 2.24) is 4.90 Å². The van der Waals surface area contributed by atoms with Crippen LogP contribution in [-0.4, -0.2) is 36.1 Å². The Morgan fingerprint density at radius 1 is 1.44 bits per heavy atom. The minimum atomic E-state index is -0.465. The molecule has 0 heterocycles. The second-order valence-electron chi connectivity index (χ2n) is 5.18. The van der Waals surface area contributed by atoms with Crippen molar-refractivity contribution in [3.8, 4) is 6.07 Å². The molecular formula is C12H22N2O2. The first-order chi connectivity index (χ1) is 7.17. The van der Waals surface area contributed by atoms with E-state index in [1.807, 2.05) is 39.6 Å². The van der Waals surface area contributed by atoms with Crippen LogP contribution < -0.4 is 0 Å². The molecule has 0 saturated carbocycles. The average Bonchev–Trinajstić information content (AvgIpc) is 2.13. The molecule has 0 fully saturated rings. The highest BCUT2D eigenvalue weighted by Crippen LogP contribution is 2.11. The number of likely N-dealkylation sites (N-methyl/N-ethyl adjacent to an activating group) is 1. The van der Waals surface area contributed by atoms with Gasteiger partial charge in [0.2, 0.25) is 0 Å². The van der Waals surface area contributed by atoms with E-state index >= 15 is 0 Å². The van der Waals surface area contributed by atoms with Gasteiger partial charge in [-0.25, -0.2) is 0 Å². The monoisotopic (exact) mass is 226 g/mol. The van der Waals surface area contributed by atoms with Gasteiger partial charge in [0.25, 0.3) is 0 Å². The molecule has 0 aliphatic rings. The second kappa shape index (κ2) is 5.86. The number of carbonyl (C=O) groups excluding carboxylic acids is 1. The van der Waals surface area contributed by atoms with Crippen molar-refractivity contribution in [2.75, 3.05) is 13.6 Å². The van der Waals surface area contributed by atoms with E-state index in [9.17, 15) is 4.79 Å². The fraction of sp³-hybridized carbons (Fsp3) is 0.833. The minimum Gasteiger partial charge on any atom is -0.459 e. The molecule has 0 amide bonds. The topological polar surface area (TPSA) is 53.3 Å². The standard InChI is InChI=1S/C12H22N2O2/c1-9(7-13)8-14(6)10(2)11(15)16-12(3,4)5/h9-10H,8H2,1-6H3. The van der Waals surface area contributed by atoms with E-state index in [0.29, 0.717) is 6.54 Å². The van der Waals surface area contributed by atoms with Gasteiger partial charge in [-0.15, -0.1) is 0 Å². The number of hydrogen-bond donors (Lipinski definition) is 0. The van der Waals surface area contributed by atoms with Crippen LogP contribution in [0.3, 0.4) is 0 Å². The Balaban J connectivity index is 4.28. The molecule has 0 spiro atoms. The van der Waals surface area contributed by atoms with Crippen LogP contribution in [0.2, 0.25) is 0 Å². The molecule has 0 N–H and O–H groups in total. The van der Waals surface area contributed by atoms with Crippen molar-refractivity contribution >= 4 is 5.97 Å². The van der Waals surface area contributed by atoms with Crippen LogP contribution in [0.4, 0.5) is 0 Å². The predicted octanol–water partition coefficient (Wildman–Crippen LogP) is 1.81. The van der Waals surface area contributed by atoms with E-state index < -0.39 is 5.60 Å². The van der Waals surface area contributed by atoms with Crippen molar-refractivity contribution in [3.05, 3.63) is 0 Å². The molecule has 4 nitrogen and oxygen atoms in total. The summed E-state index contributed by atoms with van der Waals surface area (Å²) in [5.41, 5.74) is -0.465. The Hall–Kier alpha value is -1.08. The average molecular weight is 226 g/mol. The molecule has 0 aromatic rings. The van der Waals surface area contributed by atoms with E-state index in [0.717, 1.165) is 0 Å². The largest absolute Gasteiger partial charge is 0.459 e. The van der Waals surface area contributed by atoms with Crippen LogP contribution in [0, 0.1) is 17.2 Å². The van der Waals surface area contributed by atoms with Crippen LogP contribution in [0.1, 0.15) is 34.6 Å². The highest BCUT2D eigenvalue weighted by molar-refractivity contribution is 5.75. The Morgan fingerprint density at radius 3 is 2.31 bits per heavy atom. The Bertz CT molecular complexity index is 276. The third-order valence-corrected chi connectivity index (χ3v) is 2.19. The van der Waals surface area contributed by atoms with Crippen LogP contribution in [0.25, 0.3) is 0 Å². The van der Waals surface area contributed by atoms with Gasteiger partial charge in [0, 0.05) is 6.54 Å². The number of hydrogen-bond acceptors (Lipinski definition) is 4. The Kier molecular flexibility index (Phi) is 5.46. The second-order valence-corrected chi connectivity index (χ2v) is 5.18. The lowest BCUT2D eigenvalue weighted by molar-refractivity contribution is -0.160. The lowest BCUT2D eigenvalue weighted by Gasteiger charge is -2.27. The van der Waals surface area contributed by atoms with E-state index in [1.54, 1.807) is 6.92 Å². The summed E-state index contributed by atoms with van der Waals surface area (Å²) < 4.78 is 5.27. The maximum atomic E-state index is 11.7. The quantitative estimate of drug-likeness (QED) is 0.686. The molecule has 0 rings (SSSR count). The van der Waals surface area contributed by atoms with Crippen molar-refractivity contribution < 1.29 is 9.53 Å². The van der Waals surface area contributed by atoms with Crippen molar-refractivity contribution in [1.29, 1.82) is 5.26 Å². The first-order valence-electron chi connectivity index (χ1n) is 5.50. The summed E-state index contributed by atoms with van der Waals surface area (Å²) >= 11 is 0. The smallest absolute Gasteiger partial charge is 0.323 e. The lowest BCUT2D eigenvalue weighted by atomic mass is 10.1. The maximum Gasteiger partial charge on any atom is 0.323 e. The summed E-state index contributed by atoms with van der Waals surface area (Å²) in [6, 6.07) is 1.82. The summed E-state index contributed by atoms with van der Waals surface area (Å²) in [4.78, 5) is 13.6. The predicted molar refractivity (Wildman–Crippen MR) is 62.7 cm³/mol. The Labute approximate surface area is 98.2 Å². The molecule has 2 unspecified atom stereocenters. The summed E-state index contributed by atoms with van der Waals surface area (Å²) in [6.45, 7) is 9.72. The van der Waals surface area contributed by atoms with Crippen molar-refractivity contribution in [3.63, 3.8) is 0 Å². The molecule has 92 valence electrons. The molecule has 0 bridgehead atoms. The van der Waals surface area contributed by atoms with Crippen LogP contribution in [0.15, 0.2) is 0 Å². The van der Waals surface area contributed by atoms with Crippen LogP contribution >= 0.6 is 0 Å². The van der Waals surface area contributed by atoms with Crippen molar-refractivity contribution in [2.24, 2.45) is 5.92 Å². The van der Waals surface area contributed by atoms with Gasteiger partial charge in [0.1, 0.15) is 11.6 Å². The molecule has 0 saturated heterocycles. The number of esters is 1. The molecule has 2 atom stereocenters. The van der Waals surface area contributed by atoms with E-state index in [4.69, 9.17) is 10.00 Å². The molecule has 0 aliphatic carbocycles. The first kappa shape index (κ1) is 14.9. The van der Waals surface area contributed by atoms with Crippen LogP contribution in [-0.2, 0) is 9.53 Å². The van der Waals surface area contributed by atoms with E-state index in [-0.39, 0.29) is 17.9 Å². The summed E-state index contributed by atoms with van der Waals surface area (Å²) in [5, 5.41) is 8.70. The normalized spacial score (nSPS) is 15.4. The van der Waals surface area contributed by atoms with Gasteiger partial charge in [0.15, 0.2) is 0 Å². The summed E-state index contributed by atoms with van der Waals surface area (Å²) in [5.74, 6) is -0.338. The minimum absolute atomic E-state index is 0.0881. The van der Waals surface area contributed by atoms with Gasteiger partial charge in [-0.3, -0.25) is 9.69 Å². The third kappa shape index (κ3) is 5.72. The number of nitriles is 1. The first-order valence-corrected chi connectivity index (χ1v) is 5.50. The summed E-state index contributed by atoms with van der Waals surface area (Å²) in [6.07, 6.45) is 0. The molecule has 0 aliphatic heterocycles. The third-order valence-electron chi connectivity index (χ3n) is 2.19. The highest BCUT2D eigenvalue weighted by atomic mass is 16.6. The van der Waals surface area contributed by atoms with Gasteiger partial charge in [-0.05, 0) is 41.7 Å². The fourth-order valence-electron chi connectivity index (χ4n) is 1.20. The zero-order valence-corrected chi connectivity index (χ0v) is 11.1. The summed E-state index contributed by atoms with van der Waals surface area (Å²) in [7, 11) is 1.82. The number of rotatable bonds is 4. The zero-order chi connectivity index (χ0) is 12.9. The molecule has 16 heavy (non-hydrogen) atoms. The van der Waals surface area contributed by atoms with E-state index in [1.165, 1.54) is 0 Å². The molecule has 4 heteroatoms. The number of nitrogens with zero attached hydrogens (tertiary/aromatic N) is 2. The van der Waals surface area contributed by atoms with Gasteiger partial charge in [-0.1, -0.05) is 0 Å².